The zero-order chi connectivity index (χ0) is 30.9. The fraction of sp³-hybridized carbons (Fsp3) is 0.0732. The molecule has 5 aromatic carbocycles. The number of pyridine rings is 1. The SMILES string of the molecule is CC1(C)c2ccccc2N(c2cccc([Si]3(c4ccccn4)c4ccccc4-c4ccccc43)c2)c2cc(-c3ncc[nH]3)ccc21. The number of benzene rings is 5. The molecule has 0 amide bonds. The van der Waals surface area contributed by atoms with Crippen LogP contribution in [0, 0.1) is 0 Å². The van der Waals surface area contributed by atoms with E-state index in [1.807, 2.05) is 24.7 Å². The van der Waals surface area contributed by atoms with Gasteiger partial charge in [0, 0.05) is 40.6 Å². The second-order valence-electron chi connectivity index (χ2n) is 12.8. The number of H-pyrrole nitrogens is 1. The molecule has 4 nitrogen and oxygen atoms in total. The number of nitrogens with zero attached hydrogens (tertiary/aromatic N) is 3. The van der Waals surface area contributed by atoms with Crippen LogP contribution in [-0.2, 0) is 5.41 Å². The summed E-state index contributed by atoms with van der Waals surface area (Å²) in [5.41, 5.74) is 9.66. The van der Waals surface area contributed by atoms with Gasteiger partial charge in [0.2, 0.25) is 8.07 Å². The molecule has 2 aliphatic heterocycles. The van der Waals surface area contributed by atoms with E-state index in [2.05, 4.69) is 156 Å². The molecule has 0 spiro atoms. The molecule has 0 bridgehead atoms. The zero-order valence-electron chi connectivity index (χ0n) is 25.8. The van der Waals surface area contributed by atoms with Crippen molar-refractivity contribution in [3.8, 4) is 22.5 Å². The van der Waals surface area contributed by atoms with Crippen LogP contribution in [0.15, 0.2) is 152 Å². The van der Waals surface area contributed by atoms with E-state index >= 15 is 0 Å². The summed E-state index contributed by atoms with van der Waals surface area (Å²) in [6.07, 6.45) is 5.65. The van der Waals surface area contributed by atoms with E-state index in [1.165, 1.54) is 49.2 Å². The Hall–Kier alpha value is -5.52. The summed E-state index contributed by atoms with van der Waals surface area (Å²) < 4.78 is 0. The molecule has 0 aliphatic carbocycles. The number of imidazole rings is 1. The number of rotatable bonds is 4. The van der Waals surface area contributed by atoms with Gasteiger partial charge in [0.15, 0.2) is 0 Å². The van der Waals surface area contributed by atoms with E-state index in [9.17, 15) is 0 Å². The number of nitrogens with one attached hydrogen (secondary N) is 1. The predicted octanol–water partition coefficient (Wildman–Crippen LogP) is 6.94. The summed E-state index contributed by atoms with van der Waals surface area (Å²) in [6.45, 7) is 4.67. The largest absolute Gasteiger partial charge is 0.345 e. The van der Waals surface area contributed by atoms with Gasteiger partial charge in [-0.2, -0.15) is 0 Å². The van der Waals surface area contributed by atoms with Gasteiger partial charge in [-0.15, -0.1) is 0 Å². The number of aromatic nitrogens is 3. The van der Waals surface area contributed by atoms with Crippen LogP contribution < -0.4 is 25.8 Å². The van der Waals surface area contributed by atoms with Gasteiger partial charge < -0.3 is 9.88 Å². The monoisotopic (exact) mass is 608 g/mol. The highest BCUT2D eigenvalue weighted by Crippen LogP contribution is 2.52. The van der Waals surface area contributed by atoms with Crippen LogP contribution in [0.3, 0.4) is 0 Å². The van der Waals surface area contributed by atoms with E-state index in [-0.39, 0.29) is 5.41 Å². The maximum atomic E-state index is 5.12. The average Bonchev–Trinajstić information content (AvgIpc) is 3.75. The molecule has 0 atom stereocenters. The molecule has 46 heavy (non-hydrogen) atoms. The van der Waals surface area contributed by atoms with Gasteiger partial charge in [-0.25, -0.2) is 4.98 Å². The van der Waals surface area contributed by atoms with Crippen molar-refractivity contribution >= 4 is 46.0 Å². The fourth-order valence-electron chi connectivity index (χ4n) is 8.00. The lowest BCUT2D eigenvalue weighted by molar-refractivity contribution is 0.632. The summed E-state index contributed by atoms with van der Waals surface area (Å²) in [5.74, 6) is 0.869. The highest BCUT2D eigenvalue weighted by atomic mass is 28.3. The topological polar surface area (TPSA) is 44.8 Å². The fourth-order valence-corrected chi connectivity index (χ4v) is 13.0. The number of aromatic amines is 1. The lowest BCUT2D eigenvalue weighted by Crippen LogP contribution is -2.73. The summed E-state index contributed by atoms with van der Waals surface area (Å²) in [6, 6.07) is 49.3. The van der Waals surface area contributed by atoms with Gasteiger partial charge in [0.25, 0.3) is 0 Å². The van der Waals surface area contributed by atoms with Crippen molar-refractivity contribution in [1.82, 2.24) is 15.0 Å². The molecular weight excluding hydrogens is 577 g/mol. The van der Waals surface area contributed by atoms with E-state index in [0.717, 1.165) is 22.4 Å². The van der Waals surface area contributed by atoms with Crippen molar-refractivity contribution in [2.75, 3.05) is 4.90 Å². The minimum absolute atomic E-state index is 0.172. The average molecular weight is 609 g/mol. The Morgan fingerprint density at radius 2 is 1.33 bits per heavy atom. The van der Waals surface area contributed by atoms with Crippen molar-refractivity contribution in [3.05, 3.63) is 163 Å². The molecule has 7 aromatic rings. The number of para-hydroxylation sites is 1. The molecule has 2 aromatic heterocycles. The van der Waals surface area contributed by atoms with Crippen LogP contribution in [0.25, 0.3) is 22.5 Å². The molecule has 0 saturated heterocycles. The first kappa shape index (κ1) is 26.8. The third-order valence-electron chi connectivity index (χ3n) is 10.0. The first-order valence-corrected chi connectivity index (χ1v) is 17.8. The smallest absolute Gasteiger partial charge is 0.203 e. The van der Waals surface area contributed by atoms with Crippen molar-refractivity contribution < 1.29 is 0 Å². The highest BCUT2D eigenvalue weighted by molar-refractivity contribution is 7.21. The quantitative estimate of drug-likeness (QED) is 0.220. The van der Waals surface area contributed by atoms with Crippen LogP contribution in [0.2, 0.25) is 0 Å². The molecule has 4 heterocycles. The normalized spacial score (nSPS) is 15.0. The Morgan fingerprint density at radius 3 is 2.07 bits per heavy atom. The second-order valence-corrected chi connectivity index (χ2v) is 16.4. The number of hydrogen-bond acceptors (Lipinski definition) is 3. The van der Waals surface area contributed by atoms with Crippen LogP contribution in [0.5, 0.6) is 0 Å². The molecule has 1 N–H and O–H groups in total. The number of anilines is 3. The third kappa shape index (κ3) is 3.66. The Bertz CT molecular complexity index is 2210. The van der Waals surface area contributed by atoms with Crippen molar-refractivity contribution in [2.45, 2.75) is 19.3 Å². The lowest BCUT2D eigenvalue weighted by Gasteiger charge is -2.42. The zero-order valence-corrected chi connectivity index (χ0v) is 26.8. The first-order chi connectivity index (χ1) is 22.6. The third-order valence-corrected chi connectivity index (χ3v) is 14.8. The molecule has 220 valence electrons. The molecule has 0 saturated carbocycles. The minimum atomic E-state index is -2.74. The van der Waals surface area contributed by atoms with Gasteiger partial charge in [0.1, 0.15) is 5.82 Å². The van der Waals surface area contributed by atoms with E-state index in [0.29, 0.717) is 0 Å². The number of fused-ring (bicyclic) bond motifs is 5. The van der Waals surface area contributed by atoms with Crippen LogP contribution in [-0.4, -0.2) is 23.0 Å². The lowest BCUT2D eigenvalue weighted by atomic mass is 9.73. The van der Waals surface area contributed by atoms with Crippen LogP contribution in [0.1, 0.15) is 25.0 Å². The Morgan fingerprint density at radius 1 is 0.609 bits per heavy atom. The Balaban J connectivity index is 1.33. The van der Waals surface area contributed by atoms with Gasteiger partial charge in [-0.1, -0.05) is 111 Å². The molecule has 0 unspecified atom stereocenters. The standard InChI is InChI=1S/C41H32N4Si/c1-41(2)33-16-5-6-17-35(33)45(36-26-28(21-22-34(36)41)40-43-24-25-44-40)29-12-11-13-30(27-29)46(39-20-9-10-23-42-39)37-18-7-3-14-31(37)32-15-4-8-19-38(32)46/h3-27H,1-2H3,(H,43,44). The summed E-state index contributed by atoms with van der Waals surface area (Å²) in [7, 11) is -2.74. The molecular formula is C41H32N4Si. The highest BCUT2D eigenvalue weighted by Gasteiger charge is 2.50. The van der Waals surface area contributed by atoms with E-state index < -0.39 is 8.07 Å². The minimum Gasteiger partial charge on any atom is -0.345 e. The van der Waals surface area contributed by atoms with E-state index in [4.69, 9.17) is 4.98 Å². The predicted molar refractivity (Wildman–Crippen MR) is 191 cm³/mol. The Labute approximate surface area is 270 Å². The van der Waals surface area contributed by atoms with Crippen LogP contribution in [0.4, 0.5) is 17.1 Å². The number of hydrogen-bond donors (Lipinski definition) is 1. The molecule has 2 aliphatic rings. The Kier molecular flexibility index (Phi) is 5.83. The molecule has 9 rings (SSSR count). The van der Waals surface area contributed by atoms with Gasteiger partial charge in [-0.3, -0.25) is 4.98 Å². The second kappa shape index (κ2) is 9.99. The van der Waals surface area contributed by atoms with E-state index in [1.54, 1.807) is 0 Å². The van der Waals surface area contributed by atoms with Gasteiger partial charge >= 0.3 is 0 Å². The molecule has 5 heteroatoms. The maximum absolute atomic E-state index is 5.12. The maximum Gasteiger partial charge on any atom is 0.203 e. The van der Waals surface area contributed by atoms with Crippen LogP contribution >= 0.6 is 0 Å². The van der Waals surface area contributed by atoms with Crippen molar-refractivity contribution in [1.29, 1.82) is 0 Å². The summed E-state index contributed by atoms with van der Waals surface area (Å²) in [5, 5.41) is 5.28. The molecule has 0 fully saturated rings. The van der Waals surface area contributed by atoms with Gasteiger partial charge in [0.05, 0.1) is 11.4 Å². The molecule has 0 radical (unpaired) electrons. The first-order valence-electron chi connectivity index (χ1n) is 15.8. The van der Waals surface area contributed by atoms with Crippen molar-refractivity contribution in [3.63, 3.8) is 0 Å². The summed E-state index contributed by atoms with van der Waals surface area (Å²) >= 11 is 0. The van der Waals surface area contributed by atoms with Crippen molar-refractivity contribution in [2.24, 2.45) is 0 Å². The summed E-state index contributed by atoms with van der Waals surface area (Å²) in [4.78, 5) is 15.5. The van der Waals surface area contributed by atoms with Gasteiger partial charge in [-0.05, 0) is 74.2 Å².